The molecule has 3 rings (SSSR count). The molecule has 86 valence electrons. The van der Waals surface area contributed by atoms with E-state index in [-0.39, 0.29) is 0 Å². The van der Waals surface area contributed by atoms with Gasteiger partial charge < -0.3 is 15.5 Å². The van der Waals surface area contributed by atoms with E-state index >= 15 is 0 Å². The number of hydrogen-bond acceptors (Lipinski definition) is 4. The van der Waals surface area contributed by atoms with Gasteiger partial charge in [0.05, 0.1) is 17.6 Å². The maximum absolute atomic E-state index is 4.16. The van der Waals surface area contributed by atoms with E-state index in [4.69, 9.17) is 0 Å². The molecular formula is C12H18N4. The van der Waals surface area contributed by atoms with Crippen molar-refractivity contribution in [2.24, 2.45) is 11.8 Å². The molecular weight excluding hydrogens is 200 g/mol. The van der Waals surface area contributed by atoms with Crippen LogP contribution in [0.5, 0.6) is 0 Å². The quantitative estimate of drug-likeness (QED) is 0.769. The number of hydrogen-bond donors (Lipinski definition) is 2. The minimum Gasteiger partial charge on any atom is -0.385 e. The predicted molar refractivity (Wildman–Crippen MR) is 65.8 cm³/mol. The van der Waals surface area contributed by atoms with Crippen LogP contribution in [0, 0.1) is 11.8 Å². The van der Waals surface area contributed by atoms with Crippen molar-refractivity contribution in [1.82, 2.24) is 10.3 Å². The van der Waals surface area contributed by atoms with Crippen molar-refractivity contribution in [2.45, 2.75) is 0 Å². The molecule has 2 aliphatic rings. The number of rotatable bonds is 2. The van der Waals surface area contributed by atoms with E-state index in [0.717, 1.165) is 17.5 Å². The Morgan fingerprint density at radius 2 is 2.12 bits per heavy atom. The van der Waals surface area contributed by atoms with Gasteiger partial charge >= 0.3 is 0 Å². The molecule has 16 heavy (non-hydrogen) atoms. The lowest BCUT2D eigenvalue weighted by Crippen LogP contribution is -2.26. The molecule has 2 atom stereocenters. The summed E-state index contributed by atoms with van der Waals surface area (Å²) in [4.78, 5) is 6.65. The molecule has 0 spiro atoms. The second-order valence-corrected chi connectivity index (χ2v) is 4.73. The Balaban J connectivity index is 1.83. The van der Waals surface area contributed by atoms with E-state index in [2.05, 4.69) is 26.6 Å². The largest absolute Gasteiger partial charge is 0.385 e. The third-order valence-corrected chi connectivity index (χ3v) is 3.80. The van der Waals surface area contributed by atoms with Gasteiger partial charge in [0, 0.05) is 39.4 Å². The summed E-state index contributed by atoms with van der Waals surface area (Å²) in [6, 6.07) is 2.11. The molecule has 2 fully saturated rings. The van der Waals surface area contributed by atoms with Gasteiger partial charge in [-0.15, -0.1) is 0 Å². The summed E-state index contributed by atoms with van der Waals surface area (Å²) in [5.41, 5.74) is 2.43. The average Bonchev–Trinajstić information content (AvgIpc) is 2.89. The van der Waals surface area contributed by atoms with Gasteiger partial charge in [-0.25, -0.2) is 0 Å². The normalized spacial score (nSPS) is 28.2. The number of nitrogens with zero attached hydrogens (tertiary/aromatic N) is 2. The second kappa shape index (κ2) is 3.94. The van der Waals surface area contributed by atoms with Crippen LogP contribution in [0.1, 0.15) is 0 Å². The summed E-state index contributed by atoms with van der Waals surface area (Å²) < 4.78 is 0. The lowest BCUT2D eigenvalue weighted by molar-refractivity contribution is 0.533. The number of fused-ring (bicyclic) bond motifs is 1. The van der Waals surface area contributed by atoms with Crippen molar-refractivity contribution in [3.63, 3.8) is 0 Å². The van der Waals surface area contributed by atoms with E-state index in [1.165, 1.54) is 31.9 Å². The Labute approximate surface area is 96.1 Å². The van der Waals surface area contributed by atoms with Crippen molar-refractivity contribution in [3.8, 4) is 0 Å². The van der Waals surface area contributed by atoms with E-state index < -0.39 is 0 Å². The lowest BCUT2D eigenvalue weighted by Gasteiger charge is -2.22. The van der Waals surface area contributed by atoms with Crippen LogP contribution in [0.25, 0.3) is 0 Å². The Morgan fingerprint density at radius 1 is 1.38 bits per heavy atom. The average molecular weight is 218 g/mol. The van der Waals surface area contributed by atoms with Gasteiger partial charge in [0.15, 0.2) is 0 Å². The minimum atomic E-state index is 0.831. The molecule has 4 nitrogen and oxygen atoms in total. The third-order valence-electron chi connectivity index (χ3n) is 3.80. The van der Waals surface area contributed by atoms with Crippen LogP contribution in [0.2, 0.25) is 0 Å². The highest BCUT2D eigenvalue weighted by molar-refractivity contribution is 5.69. The first-order chi connectivity index (χ1) is 7.88. The van der Waals surface area contributed by atoms with Gasteiger partial charge in [0.2, 0.25) is 0 Å². The Bertz CT molecular complexity index is 367. The van der Waals surface area contributed by atoms with Crippen molar-refractivity contribution >= 4 is 11.4 Å². The first-order valence-corrected chi connectivity index (χ1v) is 5.96. The monoisotopic (exact) mass is 218 g/mol. The van der Waals surface area contributed by atoms with Crippen molar-refractivity contribution in [2.75, 3.05) is 43.4 Å². The fourth-order valence-corrected chi connectivity index (χ4v) is 2.91. The number of aromatic nitrogens is 1. The molecule has 2 unspecified atom stereocenters. The molecule has 0 aromatic carbocycles. The zero-order valence-electron chi connectivity index (χ0n) is 9.61. The summed E-state index contributed by atoms with van der Waals surface area (Å²) in [6.07, 6.45) is 3.78. The maximum atomic E-state index is 4.16. The first kappa shape index (κ1) is 9.90. The molecule has 0 bridgehead atoms. The molecule has 1 aromatic rings. The minimum absolute atomic E-state index is 0.831. The zero-order chi connectivity index (χ0) is 11.0. The Hall–Kier alpha value is -1.29. The highest BCUT2D eigenvalue weighted by Gasteiger charge is 2.36. The molecule has 4 heteroatoms. The Morgan fingerprint density at radius 3 is 2.81 bits per heavy atom. The number of pyridine rings is 1. The molecule has 0 radical (unpaired) electrons. The SMILES string of the molecule is CNc1cnccc1N1CC2CNCC2C1. The molecule has 2 N–H and O–H groups in total. The summed E-state index contributed by atoms with van der Waals surface area (Å²) in [6.45, 7) is 4.72. The second-order valence-electron chi connectivity index (χ2n) is 4.73. The topological polar surface area (TPSA) is 40.2 Å². The summed E-state index contributed by atoms with van der Waals surface area (Å²) in [5, 5.41) is 6.69. The van der Waals surface area contributed by atoms with E-state index in [9.17, 15) is 0 Å². The van der Waals surface area contributed by atoms with Crippen molar-refractivity contribution in [1.29, 1.82) is 0 Å². The number of anilines is 2. The van der Waals surface area contributed by atoms with Gasteiger partial charge in [-0.3, -0.25) is 4.98 Å². The van der Waals surface area contributed by atoms with Gasteiger partial charge in [0.1, 0.15) is 0 Å². The van der Waals surface area contributed by atoms with Crippen molar-refractivity contribution < 1.29 is 0 Å². The number of nitrogens with one attached hydrogen (secondary N) is 2. The van der Waals surface area contributed by atoms with Gasteiger partial charge in [-0.2, -0.15) is 0 Å². The summed E-state index contributed by atoms with van der Waals surface area (Å²) in [7, 11) is 1.96. The predicted octanol–water partition coefficient (Wildman–Crippen LogP) is 0.779. The highest BCUT2D eigenvalue weighted by Crippen LogP contribution is 2.33. The smallest absolute Gasteiger partial charge is 0.0761 e. The molecule has 0 aliphatic carbocycles. The van der Waals surface area contributed by atoms with Crippen LogP contribution in [0.4, 0.5) is 11.4 Å². The van der Waals surface area contributed by atoms with Crippen LogP contribution < -0.4 is 15.5 Å². The van der Waals surface area contributed by atoms with Gasteiger partial charge in [-0.1, -0.05) is 0 Å². The molecule has 3 heterocycles. The first-order valence-electron chi connectivity index (χ1n) is 5.96. The highest BCUT2D eigenvalue weighted by atomic mass is 15.2. The van der Waals surface area contributed by atoms with Crippen LogP contribution in [-0.2, 0) is 0 Å². The van der Waals surface area contributed by atoms with E-state index in [1.54, 1.807) is 0 Å². The van der Waals surface area contributed by atoms with Gasteiger partial charge in [0.25, 0.3) is 0 Å². The third kappa shape index (κ3) is 1.53. The van der Waals surface area contributed by atoms with Crippen LogP contribution in [-0.4, -0.2) is 38.2 Å². The molecule has 1 aromatic heterocycles. The standard InChI is InChI=1S/C12H18N4/c1-13-11-6-14-3-2-12(11)16-7-9-4-15-5-10(9)8-16/h2-3,6,9-10,13,15H,4-5,7-8H2,1H3. The Kier molecular flexibility index (Phi) is 2.44. The zero-order valence-corrected chi connectivity index (χ0v) is 9.61. The fraction of sp³-hybridized carbons (Fsp3) is 0.583. The lowest BCUT2D eigenvalue weighted by atomic mass is 10.0. The molecule has 0 saturated carbocycles. The summed E-state index contributed by atoms with van der Waals surface area (Å²) in [5.74, 6) is 1.66. The molecule has 2 aliphatic heterocycles. The van der Waals surface area contributed by atoms with Crippen molar-refractivity contribution in [3.05, 3.63) is 18.5 Å². The van der Waals surface area contributed by atoms with Crippen LogP contribution in [0.15, 0.2) is 18.5 Å². The summed E-state index contributed by atoms with van der Waals surface area (Å²) >= 11 is 0. The fourth-order valence-electron chi connectivity index (χ4n) is 2.91. The van der Waals surface area contributed by atoms with Crippen LogP contribution >= 0.6 is 0 Å². The maximum Gasteiger partial charge on any atom is 0.0761 e. The molecule has 0 amide bonds. The van der Waals surface area contributed by atoms with E-state index in [0.29, 0.717) is 0 Å². The molecule has 2 saturated heterocycles. The van der Waals surface area contributed by atoms with E-state index in [1.807, 2.05) is 19.4 Å². The van der Waals surface area contributed by atoms with Crippen LogP contribution in [0.3, 0.4) is 0 Å². The van der Waals surface area contributed by atoms with Gasteiger partial charge in [-0.05, 0) is 17.9 Å².